The number of rotatable bonds is 3. The van der Waals surface area contributed by atoms with E-state index in [1.807, 2.05) is 23.5 Å². The van der Waals surface area contributed by atoms with Crippen molar-refractivity contribution in [3.8, 4) is 6.07 Å². The lowest BCUT2D eigenvalue weighted by atomic mass is 9.94. The third-order valence-corrected chi connectivity index (χ3v) is 4.34. The zero-order valence-electron chi connectivity index (χ0n) is 9.98. The van der Waals surface area contributed by atoms with Gasteiger partial charge >= 0.3 is 0 Å². The van der Waals surface area contributed by atoms with E-state index >= 15 is 0 Å². The summed E-state index contributed by atoms with van der Waals surface area (Å²) in [6.45, 7) is 0.682. The molecule has 1 aliphatic carbocycles. The number of aryl methyl sites for hydroxylation is 1. The fraction of sp³-hybridized carbons (Fsp3) is 0.357. The summed E-state index contributed by atoms with van der Waals surface area (Å²) in [7, 11) is 0. The highest BCUT2D eigenvalue weighted by Crippen LogP contribution is 2.33. The van der Waals surface area contributed by atoms with Crippen molar-refractivity contribution < 1.29 is 4.42 Å². The van der Waals surface area contributed by atoms with Crippen molar-refractivity contribution in [2.75, 3.05) is 0 Å². The molecule has 0 saturated carbocycles. The molecule has 1 N–H and O–H groups in total. The van der Waals surface area contributed by atoms with Gasteiger partial charge < -0.3 is 9.73 Å². The number of nitriles is 1. The van der Waals surface area contributed by atoms with Crippen LogP contribution in [-0.2, 0) is 13.0 Å². The molecule has 2 aromatic heterocycles. The van der Waals surface area contributed by atoms with Crippen LogP contribution in [0.2, 0.25) is 0 Å². The van der Waals surface area contributed by atoms with Crippen molar-refractivity contribution in [2.24, 2.45) is 0 Å². The number of hydrogen-bond acceptors (Lipinski definition) is 4. The normalized spacial score (nSPS) is 18.3. The third-order valence-electron chi connectivity index (χ3n) is 3.35. The van der Waals surface area contributed by atoms with Crippen molar-refractivity contribution in [3.05, 3.63) is 45.5 Å². The summed E-state index contributed by atoms with van der Waals surface area (Å²) in [4.78, 5) is 1.51. The Bertz CT molecular complexity index is 579. The summed E-state index contributed by atoms with van der Waals surface area (Å²) in [5, 5.41) is 14.4. The zero-order chi connectivity index (χ0) is 12.4. The Morgan fingerprint density at radius 2 is 2.39 bits per heavy atom. The van der Waals surface area contributed by atoms with E-state index in [0.29, 0.717) is 18.3 Å². The van der Waals surface area contributed by atoms with E-state index in [4.69, 9.17) is 9.68 Å². The first kappa shape index (κ1) is 11.5. The maximum Gasteiger partial charge on any atom is 0.203 e. The van der Waals surface area contributed by atoms with Gasteiger partial charge in [0.25, 0.3) is 0 Å². The van der Waals surface area contributed by atoms with Gasteiger partial charge in [0.2, 0.25) is 5.76 Å². The smallest absolute Gasteiger partial charge is 0.203 e. The third kappa shape index (κ3) is 2.20. The monoisotopic (exact) mass is 258 g/mol. The molecule has 0 spiro atoms. The van der Waals surface area contributed by atoms with E-state index in [2.05, 4.69) is 16.8 Å². The number of nitrogens with zero attached hydrogens (tertiary/aromatic N) is 1. The minimum absolute atomic E-state index is 0.381. The molecular weight excluding hydrogens is 244 g/mol. The summed E-state index contributed by atoms with van der Waals surface area (Å²) < 4.78 is 5.37. The van der Waals surface area contributed by atoms with Crippen LogP contribution in [0.15, 0.2) is 28.0 Å². The van der Waals surface area contributed by atoms with Gasteiger partial charge in [-0.3, -0.25) is 0 Å². The second-order valence-corrected chi connectivity index (χ2v) is 5.50. The molecule has 0 radical (unpaired) electrons. The molecule has 92 valence electrons. The van der Waals surface area contributed by atoms with E-state index in [1.165, 1.54) is 29.7 Å². The maximum atomic E-state index is 8.71. The second-order valence-electron chi connectivity index (χ2n) is 4.50. The Morgan fingerprint density at radius 1 is 1.44 bits per heavy atom. The van der Waals surface area contributed by atoms with Crippen molar-refractivity contribution in [2.45, 2.75) is 31.8 Å². The standard InChI is InChI=1S/C14H14N2OS/c15-8-10-4-5-11(17-10)9-16-13-2-1-3-14-12(13)6-7-18-14/h4-7,13,16H,1-3,9H2. The highest BCUT2D eigenvalue weighted by Gasteiger charge is 2.20. The molecule has 0 amide bonds. The Labute approximate surface area is 110 Å². The summed E-state index contributed by atoms with van der Waals surface area (Å²) >= 11 is 1.85. The summed E-state index contributed by atoms with van der Waals surface area (Å²) in [5.41, 5.74) is 1.44. The van der Waals surface area contributed by atoms with Crippen LogP contribution in [0.4, 0.5) is 0 Å². The van der Waals surface area contributed by atoms with Crippen molar-refractivity contribution >= 4 is 11.3 Å². The molecule has 0 bridgehead atoms. The average molecular weight is 258 g/mol. The van der Waals surface area contributed by atoms with Gasteiger partial charge in [-0.15, -0.1) is 11.3 Å². The summed E-state index contributed by atoms with van der Waals surface area (Å²) in [5.74, 6) is 1.21. The van der Waals surface area contributed by atoms with Crippen LogP contribution in [0.5, 0.6) is 0 Å². The molecular formula is C14H14N2OS. The molecule has 3 nitrogen and oxygen atoms in total. The van der Waals surface area contributed by atoms with Crippen LogP contribution in [0.1, 0.15) is 40.8 Å². The van der Waals surface area contributed by atoms with E-state index in [9.17, 15) is 0 Å². The van der Waals surface area contributed by atoms with Crippen LogP contribution >= 0.6 is 11.3 Å². The van der Waals surface area contributed by atoms with Gasteiger partial charge in [0.05, 0.1) is 6.54 Å². The highest BCUT2D eigenvalue weighted by atomic mass is 32.1. The molecule has 0 saturated heterocycles. The minimum Gasteiger partial charge on any atom is -0.449 e. The number of hydrogen-bond donors (Lipinski definition) is 1. The van der Waals surface area contributed by atoms with Crippen LogP contribution in [0.25, 0.3) is 0 Å². The minimum atomic E-state index is 0.381. The molecule has 1 unspecified atom stereocenters. The van der Waals surface area contributed by atoms with Gasteiger partial charge in [-0.1, -0.05) is 0 Å². The van der Waals surface area contributed by atoms with Crippen molar-refractivity contribution in [1.82, 2.24) is 5.32 Å². The molecule has 1 atom stereocenters. The lowest BCUT2D eigenvalue weighted by molar-refractivity contribution is 0.416. The molecule has 18 heavy (non-hydrogen) atoms. The first-order valence-electron chi connectivity index (χ1n) is 6.15. The predicted octanol–water partition coefficient (Wildman–Crippen LogP) is 3.38. The Hall–Kier alpha value is -1.57. The van der Waals surface area contributed by atoms with Crippen LogP contribution in [-0.4, -0.2) is 0 Å². The Balaban J connectivity index is 1.67. The first-order chi connectivity index (χ1) is 8.86. The lowest BCUT2D eigenvalue weighted by Gasteiger charge is -2.23. The van der Waals surface area contributed by atoms with E-state index in [-0.39, 0.29) is 0 Å². The number of fused-ring (bicyclic) bond motifs is 1. The Kier molecular flexibility index (Phi) is 3.18. The second kappa shape index (κ2) is 4.97. The van der Waals surface area contributed by atoms with Crippen molar-refractivity contribution in [3.63, 3.8) is 0 Å². The number of nitrogens with one attached hydrogen (secondary N) is 1. The molecule has 2 aromatic rings. The number of thiophene rings is 1. The molecule has 0 aromatic carbocycles. The van der Waals surface area contributed by atoms with E-state index in [0.717, 1.165) is 5.76 Å². The fourth-order valence-corrected chi connectivity index (χ4v) is 3.44. The SMILES string of the molecule is N#Cc1ccc(CNC2CCCc3sccc32)o1. The van der Waals surface area contributed by atoms with Gasteiger partial charge in [-0.25, -0.2) is 0 Å². The first-order valence-corrected chi connectivity index (χ1v) is 7.03. The van der Waals surface area contributed by atoms with Gasteiger partial charge in [0.15, 0.2) is 0 Å². The molecule has 3 rings (SSSR count). The highest BCUT2D eigenvalue weighted by molar-refractivity contribution is 7.10. The Morgan fingerprint density at radius 3 is 3.22 bits per heavy atom. The van der Waals surface area contributed by atoms with Gasteiger partial charge in [0.1, 0.15) is 11.8 Å². The average Bonchev–Trinajstić information content (AvgIpc) is 3.05. The summed E-state index contributed by atoms with van der Waals surface area (Å²) in [6, 6.07) is 8.23. The zero-order valence-corrected chi connectivity index (χ0v) is 10.8. The fourth-order valence-electron chi connectivity index (χ4n) is 2.46. The molecule has 0 fully saturated rings. The maximum absolute atomic E-state index is 8.71. The number of furan rings is 1. The summed E-state index contributed by atoms with van der Waals surface area (Å²) in [6.07, 6.45) is 3.63. The molecule has 0 aliphatic heterocycles. The van der Waals surface area contributed by atoms with Gasteiger partial charge in [0, 0.05) is 10.9 Å². The van der Waals surface area contributed by atoms with Crippen LogP contribution in [0.3, 0.4) is 0 Å². The lowest BCUT2D eigenvalue weighted by Crippen LogP contribution is -2.23. The van der Waals surface area contributed by atoms with Crippen LogP contribution < -0.4 is 5.32 Å². The van der Waals surface area contributed by atoms with Crippen LogP contribution in [0, 0.1) is 11.3 Å². The van der Waals surface area contributed by atoms with E-state index in [1.54, 1.807) is 6.07 Å². The predicted molar refractivity (Wildman–Crippen MR) is 70.3 cm³/mol. The van der Waals surface area contributed by atoms with Gasteiger partial charge in [-0.05, 0) is 48.4 Å². The molecule has 1 aliphatic rings. The van der Waals surface area contributed by atoms with E-state index < -0.39 is 0 Å². The van der Waals surface area contributed by atoms with Crippen molar-refractivity contribution in [1.29, 1.82) is 5.26 Å². The molecule has 2 heterocycles. The quantitative estimate of drug-likeness (QED) is 0.918. The largest absolute Gasteiger partial charge is 0.449 e. The molecule has 4 heteroatoms. The topological polar surface area (TPSA) is 49.0 Å². The van der Waals surface area contributed by atoms with Gasteiger partial charge in [-0.2, -0.15) is 5.26 Å².